The highest BCUT2D eigenvalue weighted by Crippen LogP contribution is 2.51. The van der Waals surface area contributed by atoms with Crippen molar-refractivity contribution in [2.75, 3.05) is 13.2 Å². The molecule has 1 heterocycles. The van der Waals surface area contributed by atoms with Crippen LogP contribution in [0, 0.1) is 0 Å². The quantitative estimate of drug-likeness (QED) is 0.529. The van der Waals surface area contributed by atoms with E-state index in [0.717, 1.165) is 0 Å². The van der Waals surface area contributed by atoms with Crippen molar-refractivity contribution in [3.05, 3.63) is 46.7 Å². The van der Waals surface area contributed by atoms with Gasteiger partial charge in [-0.15, -0.1) is 0 Å². The molecule has 1 aromatic carbocycles. The Hall–Kier alpha value is -2.22. The first-order valence-electron chi connectivity index (χ1n) is 8.10. The Bertz CT molecular complexity index is 771. The highest BCUT2D eigenvalue weighted by Gasteiger charge is 2.70. The van der Waals surface area contributed by atoms with Crippen molar-refractivity contribution in [3.63, 3.8) is 0 Å². The molecule has 1 aliphatic heterocycles. The second kappa shape index (κ2) is 5.94. The van der Waals surface area contributed by atoms with Crippen LogP contribution in [0.2, 0.25) is 0 Å². The summed E-state index contributed by atoms with van der Waals surface area (Å²) in [5, 5.41) is 24.8. The second-order valence-electron chi connectivity index (χ2n) is 6.48. The third-order valence-corrected chi connectivity index (χ3v) is 4.49. The van der Waals surface area contributed by atoms with Crippen LogP contribution in [0.5, 0.6) is 0 Å². The summed E-state index contributed by atoms with van der Waals surface area (Å²) >= 11 is 0. The van der Waals surface area contributed by atoms with E-state index in [2.05, 4.69) is 5.32 Å². The highest BCUT2D eigenvalue weighted by molar-refractivity contribution is 6.16. The molecule has 25 heavy (non-hydrogen) atoms. The van der Waals surface area contributed by atoms with Gasteiger partial charge in [0.05, 0.1) is 12.7 Å². The summed E-state index contributed by atoms with van der Waals surface area (Å²) in [4.78, 5) is 25.3. The average molecular weight is 347 g/mol. The molecule has 0 unspecified atom stereocenters. The van der Waals surface area contributed by atoms with Crippen LogP contribution in [0.1, 0.15) is 36.7 Å². The molecule has 0 aromatic heterocycles. The van der Waals surface area contributed by atoms with Crippen molar-refractivity contribution in [3.8, 4) is 0 Å². The van der Waals surface area contributed by atoms with Crippen LogP contribution < -0.4 is 5.32 Å². The number of hydrogen-bond donors (Lipinski definition) is 3. The number of nitrogens with one attached hydrogen (secondary N) is 1. The van der Waals surface area contributed by atoms with Crippen LogP contribution in [0.15, 0.2) is 35.5 Å². The first-order chi connectivity index (χ1) is 11.7. The molecular formula is C18H21NO6. The number of allylic oxidation sites excluding steroid dienone is 1. The zero-order valence-electron chi connectivity index (χ0n) is 14.3. The van der Waals surface area contributed by atoms with E-state index >= 15 is 0 Å². The van der Waals surface area contributed by atoms with E-state index < -0.39 is 23.1 Å². The van der Waals surface area contributed by atoms with Crippen molar-refractivity contribution in [2.24, 2.45) is 0 Å². The fourth-order valence-electron chi connectivity index (χ4n) is 3.40. The summed E-state index contributed by atoms with van der Waals surface area (Å²) in [5.74, 6) is -1.60. The molecule has 1 aliphatic carbocycles. The number of esters is 1. The van der Waals surface area contributed by atoms with Gasteiger partial charge in [-0.3, -0.25) is 4.79 Å². The Labute approximate surface area is 145 Å². The average Bonchev–Trinajstić information content (AvgIpc) is 2.86. The Morgan fingerprint density at radius 3 is 2.60 bits per heavy atom. The number of Topliss-reactive ketones (excluding diaryl/α,β-unsaturated/α-hetero) is 1. The lowest BCUT2D eigenvalue weighted by atomic mass is 9.85. The molecule has 0 radical (unpaired) electrons. The maximum atomic E-state index is 12.8. The Morgan fingerprint density at radius 1 is 1.24 bits per heavy atom. The van der Waals surface area contributed by atoms with Gasteiger partial charge < -0.3 is 25.0 Å². The second-order valence-corrected chi connectivity index (χ2v) is 6.48. The van der Waals surface area contributed by atoms with Crippen LogP contribution >= 0.6 is 0 Å². The van der Waals surface area contributed by atoms with Gasteiger partial charge in [0.1, 0.15) is 12.2 Å². The Balaban J connectivity index is 1.89. The minimum atomic E-state index is -2.42. The maximum Gasteiger partial charge on any atom is 0.339 e. The zero-order valence-corrected chi connectivity index (χ0v) is 14.3. The largest absolute Gasteiger partial charge is 0.460 e. The highest BCUT2D eigenvalue weighted by atomic mass is 16.6. The maximum absolute atomic E-state index is 12.8. The number of ketones is 1. The van der Waals surface area contributed by atoms with Gasteiger partial charge in [0.2, 0.25) is 17.1 Å². The number of hydrogen-bond acceptors (Lipinski definition) is 7. The van der Waals surface area contributed by atoms with E-state index in [1.165, 1.54) is 19.1 Å². The summed E-state index contributed by atoms with van der Waals surface area (Å²) in [6.07, 6.45) is -0.00649. The third kappa shape index (κ3) is 2.38. The van der Waals surface area contributed by atoms with E-state index in [1.807, 2.05) is 13.8 Å². The van der Waals surface area contributed by atoms with Crippen LogP contribution in [0.3, 0.4) is 0 Å². The molecule has 2 atom stereocenters. The number of carbonyl (C=O) groups is 2. The summed E-state index contributed by atoms with van der Waals surface area (Å²) < 4.78 is 10.4. The minimum absolute atomic E-state index is 0.00649. The van der Waals surface area contributed by atoms with Crippen molar-refractivity contribution < 1.29 is 29.3 Å². The van der Waals surface area contributed by atoms with E-state index in [-0.39, 0.29) is 41.7 Å². The molecule has 2 aliphatic rings. The zero-order chi connectivity index (χ0) is 18.4. The van der Waals surface area contributed by atoms with Crippen molar-refractivity contribution in [2.45, 2.75) is 38.2 Å². The molecule has 0 fully saturated rings. The molecule has 3 N–H and O–H groups in total. The Morgan fingerprint density at radius 2 is 1.92 bits per heavy atom. The predicted molar refractivity (Wildman–Crippen MR) is 87.5 cm³/mol. The first-order valence-corrected chi connectivity index (χ1v) is 8.10. The summed E-state index contributed by atoms with van der Waals surface area (Å²) in [6.45, 7) is 5.38. The monoisotopic (exact) mass is 347 g/mol. The number of ether oxygens (including phenoxy) is 2. The van der Waals surface area contributed by atoms with E-state index in [9.17, 15) is 19.8 Å². The van der Waals surface area contributed by atoms with Gasteiger partial charge >= 0.3 is 5.97 Å². The molecule has 0 bridgehead atoms. The predicted octanol–water partition coefficient (Wildman–Crippen LogP) is 0.604. The fourth-order valence-corrected chi connectivity index (χ4v) is 3.40. The number of benzene rings is 1. The SMILES string of the molecule is CC1=C(C(=O)OCCOC(C)C)[C@]2(O)C(=O)c3ccccc3[C@@]2(O)N1. The molecule has 0 amide bonds. The van der Waals surface area contributed by atoms with Gasteiger partial charge in [-0.25, -0.2) is 4.79 Å². The summed E-state index contributed by atoms with van der Waals surface area (Å²) in [5.41, 5.74) is -4.19. The standard InChI is InChI=1S/C18H21NO6/c1-10(2)24-8-9-25-16(21)14-11(3)19-18(23)13-7-5-4-6-12(13)15(20)17(14,18)22/h4-7,10,19,22-23H,8-9H2,1-3H3/t17-,18-/m0/s1. The van der Waals surface area contributed by atoms with E-state index in [0.29, 0.717) is 0 Å². The van der Waals surface area contributed by atoms with Crippen molar-refractivity contribution in [1.82, 2.24) is 5.32 Å². The number of fused-ring (bicyclic) bond motifs is 3. The van der Waals surface area contributed by atoms with Crippen LogP contribution in [0.4, 0.5) is 0 Å². The topological polar surface area (TPSA) is 105 Å². The van der Waals surface area contributed by atoms with E-state index in [4.69, 9.17) is 9.47 Å². The molecule has 134 valence electrons. The number of aliphatic hydroxyl groups is 2. The number of rotatable bonds is 5. The number of carbonyl (C=O) groups excluding carboxylic acids is 2. The van der Waals surface area contributed by atoms with Crippen LogP contribution in [0.25, 0.3) is 0 Å². The van der Waals surface area contributed by atoms with Crippen LogP contribution in [-0.4, -0.2) is 46.9 Å². The lowest BCUT2D eigenvalue weighted by Gasteiger charge is -2.31. The van der Waals surface area contributed by atoms with Gasteiger partial charge in [0.15, 0.2) is 0 Å². The summed E-state index contributed by atoms with van der Waals surface area (Å²) in [7, 11) is 0. The van der Waals surface area contributed by atoms with E-state index in [1.54, 1.807) is 12.1 Å². The molecule has 0 saturated carbocycles. The van der Waals surface area contributed by atoms with Crippen molar-refractivity contribution in [1.29, 1.82) is 0 Å². The summed E-state index contributed by atoms with van der Waals surface area (Å²) in [6, 6.07) is 6.31. The van der Waals surface area contributed by atoms with Gasteiger partial charge in [-0.05, 0) is 20.8 Å². The fraction of sp³-hybridized carbons (Fsp3) is 0.444. The smallest absolute Gasteiger partial charge is 0.339 e. The molecular weight excluding hydrogens is 326 g/mol. The lowest BCUT2D eigenvalue weighted by molar-refractivity contribution is -0.148. The lowest BCUT2D eigenvalue weighted by Crippen LogP contribution is -2.56. The normalized spacial score (nSPS) is 27.4. The van der Waals surface area contributed by atoms with Gasteiger partial charge in [0.25, 0.3) is 0 Å². The third-order valence-electron chi connectivity index (χ3n) is 4.49. The van der Waals surface area contributed by atoms with Gasteiger partial charge in [-0.1, -0.05) is 24.3 Å². The molecule has 7 nitrogen and oxygen atoms in total. The van der Waals surface area contributed by atoms with Crippen molar-refractivity contribution >= 4 is 11.8 Å². The minimum Gasteiger partial charge on any atom is -0.460 e. The Kier molecular flexibility index (Phi) is 4.18. The van der Waals surface area contributed by atoms with Crippen LogP contribution in [-0.2, 0) is 20.0 Å². The molecule has 1 aromatic rings. The molecule has 0 saturated heterocycles. The molecule has 3 rings (SSSR count). The molecule has 7 heteroatoms. The van der Waals surface area contributed by atoms with Gasteiger partial charge in [0, 0.05) is 16.8 Å². The van der Waals surface area contributed by atoms with Gasteiger partial charge in [-0.2, -0.15) is 0 Å². The first kappa shape index (κ1) is 17.6. The molecule has 0 spiro atoms.